The third kappa shape index (κ3) is 3.16. The van der Waals surface area contributed by atoms with Crippen LogP contribution in [0.5, 0.6) is 0 Å². The third-order valence-electron chi connectivity index (χ3n) is 2.95. The summed E-state index contributed by atoms with van der Waals surface area (Å²) in [6, 6.07) is 0. The Kier molecular flexibility index (Phi) is 3.92. The Hall–Kier alpha value is -0.660. The second-order valence-corrected chi connectivity index (χ2v) is 6.36. The molecule has 0 aromatic rings. The van der Waals surface area contributed by atoms with Crippen molar-refractivity contribution in [3.8, 4) is 0 Å². The van der Waals surface area contributed by atoms with Crippen molar-refractivity contribution >= 4 is 16.0 Å². The van der Waals surface area contributed by atoms with E-state index >= 15 is 0 Å². The van der Waals surface area contributed by atoms with Crippen LogP contribution >= 0.6 is 0 Å². The van der Waals surface area contributed by atoms with Crippen LogP contribution in [0.4, 0.5) is 0 Å². The van der Waals surface area contributed by atoms with Gasteiger partial charge in [0.05, 0.1) is 5.60 Å². The Morgan fingerprint density at radius 3 is 2.38 bits per heavy atom. The Labute approximate surface area is 94.7 Å². The van der Waals surface area contributed by atoms with Crippen LogP contribution in [-0.2, 0) is 14.8 Å². The van der Waals surface area contributed by atoms with E-state index in [1.165, 1.54) is 0 Å². The van der Waals surface area contributed by atoms with Crippen molar-refractivity contribution < 1.29 is 23.4 Å². The zero-order chi connectivity index (χ0) is 12.4. The van der Waals surface area contributed by atoms with Gasteiger partial charge in [0.2, 0.25) is 10.0 Å². The molecule has 1 atom stereocenters. The highest BCUT2D eigenvalue weighted by Crippen LogP contribution is 2.28. The molecule has 16 heavy (non-hydrogen) atoms. The van der Waals surface area contributed by atoms with E-state index in [0.29, 0.717) is 12.8 Å². The van der Waals surface area contributed by atoms with Crippen molar-refractivity contribution in [1.29, 1.82) is 0 Å². The molecule has 94 valence electrons. The summed E-state index contributed by atoms with van der Waals surface area (Å²) in [7, 11) is -3.89. The molecule has 0 aromatic carbocycles. The first-order valence-electron chi connectivity index (χ1n) is 5.20. The van der Waals surface area contributed by atoms with Gasteiger partial charge in [-0.15, -0.1) is 0 Å². The highest BCUT2D eigenvalue weighted by Gasteiger charge is 2.34. The molecular weight excluding hydrogens is 234 g/mol. The van der Waals surface area contributed by atoms with Crippen molar-refractivity contribution in [2.24, 2.45) is 0 Å². The lowest BCUT2D eigenvalue weighted by molar-refractivity contribution is -0.136. The highest BCUT2D eigenvalue weighted by atomic mass is 32.2. The summed E-state index contributed by atoms with van der Waals surface area (Å²) in [4.78, 5) is 10.5. The van der Waals surface area contributed by atoms with E-state index in [9.17, 15) is 18.3 Å². The third-order valence-corrected chi connectivity index (χ3v) is 4.63. The molecule has 0 heterocycles. The van der Waals surface area contributed by atoms with E-state index in [1.54, 1.807) is 0 Å². The fourth-order valence-electron chi connectivity index (χ4n) is 1.70. The van der Waals surface area contributed by atoms with Crippen molar-refractivity contribution in [2.75, 3.05) is 6.54 Å². The fraction of sp³-hybridized carbons (Fsp3) is 0.889. The van der Waals surface area contributed by atoms with Gasteiger partial charge in [-0.2, -0.15) is 0 Å². The van der Waals surface area contributed by atoms with Crippen molar-refractivity contribution in [2.45, 2.75) is 43.5 Å². The van der Waals surface area contributed by atoms with E-state index in [-0.39, 0.29) is 6.54 Å². The average Bonchev–Trinajstić information content (AvgIpc) is 2.62. The summed E-state index contributed by atoms with van der Waals surface area (Å²) in [5, 5.41) is 17.0. The molecule has 1 saturated carbocycles. The van der Waals surface area contributed by atoms with E-state index in [1.807, 2.05) is 0 Å². The molecule has 1 aliphatic carbocycles. The minimum atomic E-state index is -3.89. The lowest BCUT2D eigenvalue weighted by atomic mass is 10.0. The molecular formula is C9H17NO5S. The van der Waals surface area contributed by atoms with Gasteiger partial charge < -0.3 is 10.2 Å². The van der Waals surface area contributed by atoms with Crippen LogP contribution in [0, 0.1) is 0 Å². The summed E-state index contributed by atoms with van der Waals surface area (Å²) in [5.74, 6) is -1.40. The molecule has 1 fully saturated rings. The average molecular weight is 251 g/mol. The van der Waals surface area contributed by atoms with Crippen LogP contribution in [0.15, 0.2) is 0 Å². The van der Waals surface area contributed by atoms with Crippen LogP contribution in [0.1, 0.15) is 32.6 Å². The Bertz CT molecular complexity index is 358. The Morgan fingerprint density at radius 2 is 1.94 bits per heavy atom. The molecule has 0 bridgehead atoms. The predicted octanol–water partition coefficient (Wildman–Crippen LogP) is -0.316. The molecule has 7 heteroatoms. The second kappa shape index (κ2) is 4.68. The van der Waals surface area contributed by atoms with E-state index in [0.717, 1.165) is 19.8 Å². The first-order chi connectivity index (χ1) is 7.27. The van der Waals surface area contributed by atoms with Crippen LogP contribution in [0.2, 0.25) is 0 Å². The van der Waals surface area contributed by atoms with E-state index < -0.39 is 26.8 Å². The topological polar surface area (TPSA) is 104 Å². The molecule has 1 aliphatic rings. The predicted molar refractivity (Wildman–Crippen MR) is 57.4 cm³/mol. The van der Waals surface area contributed by atoms with Gasteiger partial charge in [-0.25, -0.2) is 13.1 Å². The molecule has 6 nitrogen and oxygen atoms in total. The number of nitrogens with one attached hydrogen (secondary N) is 1. The lowest BCUT2D eigenvalue weighted by Gasteiger charge is -2.22. The number of carboxylic acids is 1. The maximum atomic E-state index is 11.5. The number of carbonyl (C=O) groups is 1. The normalized spacial score (nSPS) is 21.9. The van der Waals surface area contributed by atoms with E-state index in [2.05, 4.69) is 4.72 Å². The van der Waals surface area contributed by atoms with Gasteiger partial charge >= 0.3 is 5.97 Å². The van der Waals surface area contributed by atoms with Crippen molar-refractivity contribution in [3.63, 3.8) is 0 Å². The smallest absolute Gasteiger partial charge is 0.323 e. The molecule has 0 aliphatic heterocycles. The Morgan fingerprint density at radius 1 is 1.44 bits per heavy atom. The largest absolute Gasteiger partial charge is 0.480 e. The number of rotatable bonds is 5. The van der Waals surface area contributed by atoms with Crippen LogP contribution in [0.25, 0.3) is 0 Å². The number of hydrogen-bond acceptors (Lipinski definition) is 4. The van der Waals surface area contributed by atoms with Crippen LogP contribution < -0.4 is 4.72 Å². The van der Waals surface area contributed by atoms with Gasteiger partial charge in [0.25, 0.3) is 0 Å². The van der Waals surface area contributed by atoms with Crippen LogP contribution in [0.3, 0.4) is 0 Å². The monoisotopic (exact) mass is 251 g/mol. The summed E-state index contributed by atoms with van der Waals surface area (Å²) >= 11 is 0. The first kappa shape index (κ1) is 13.4. The number of hydrogen-bond donors (Lipinski definition) is 3. The van der Waals surface area contributed by atoms with Crippen molar-refractivity contribution in [1.82, 2.24) is 4.72 Å². The molecule has 0 radical (unpaired) electrons. The molecule has 0 amide bonds. The fourth-order valence-corrected chi connectivity index (χ4v) is 2.69. The van der Waals surface area contributed by atoms with Crippen molar-refractivity contribution in [3.05, 3.63) is 0 Å². The first-order valence-corrected chi connectivity index (χ1v) is 6.75. The quantitative estimate of drug-likeness (QED) is 0.621. The Balaban J connectivity index is 2.57. The maximum absolute atomic E-state index is 11.5. The van der Waals surface area contributed by atoms with Gasteiger partial charge in [-0.1, -0.05) is 12.8 Å². The summed E-state index contributed by atoms with van der Waals surface area (Å²) in [5.41, 5.74) is -1.01. The van der Waals surface area contributed by atoms with Gasteiger partial charge in [-0.3, -0.25) is 4.79 Å². The van der Waals surface area contributed by atoms with Gasteiger partial charge in [-0.05, 0) is 19.8 Å². The molecule has 0 saturated heterocycles. The highest BCUT2D eigenvalue weighted by molar-refractivity contribution is 7.90. The minimum absolute atomic E-state index is 0.104. The number of sulfonamides is 1. The molecule has 3 N–H and O–H groups in total. The van der Waals surface area contributed by atoms with Gasteiger partial charge in [0.15, 0.2) is 5.25 Å². The maximum Gasteiger partial charge on any atom is 0.323 e. The van der Waals surface area contributed by atoms with Crippen LogP contribution in [-0.4, -0.2) is 42.0 Å². The summed E-state index contributed by atoms with van der Waals surface area (Å²) in [6.07, 6.45) is 2.84. The SMILES string of the molecule is CC(C(=O)O)S(=O)(=O)NCC1(O)CCCC1. The molecule has 1 unspecified atom stereocenters. The van der Waals surface area contributed by atoms with Gasteiger partial charge in [0.1, 0.15) is 0 Å². The molecule has 0 spiro atoms. The molecule has 1 rings (SSSR count). The second-order valence-electron chi connectivity index (χ2n) is 4.28. The van der Waals surface area contributed by atoms with E-state index in [4.69, 9.17) is 5.11 Å². The summed E-state index contributed by atoms with van der Waals surface area (Å²) in [6.45, 7) is 0.996. The zero-order valence-corrected chi connectivity index (χ0v) is 9.96. The molecule has 0 aromatic heterocycles. The van der Waals surface area contributed by atoms with Gasteiger partial charge in [0, 0.05) is 6.54 Å². The number of aliphatic carboxylic acids is 1. The standard InChI is InChI=1S/C9H17NO5S/c1-7(8(11)12)16(14,15)10-6-9(13)4-2-3-5-9/h7,10,13H,2-6H2,1H3,(H,11,12). The number of aliphatic hydroxyl groups is 1. The summed E-state index contributed by atoms with van der Waals surface area (Å²) < 4.78 is 25.1. The zero-order valence-electron chi connectivity index (χ0n) is 9.14. The number of carboxylic acid groups (broad SMARTS) is 1. The lowest BCUT2D eigenvalue weighted by Crippen LogP contribution is -2.45. The minimum Gasteiger partial charge on any atom is -0.480 e.